The van der Waals surface area contributed by atoms with E-state index in [-0.39, 0.29) is 0 Å². The predicted molar refractivity (Wildman–Crippen MR) is 187 cm³/mol. The van der Waals surface area contributed by atoms with Crippen LogP contribution in [-0.4, -0.2) is 9.13 Å². The molecule has 0 bridgehead atoms. The number of rotatable bonds is 4. The summed E-state index contributed by atoms with van der Waals surface area (Å²) >= 11 is 0. The molecule has 1 aliphatic rings. The van der Waals surface area contributed by atoms with E-state index in [0.29, 0.717) is 0 Å². The second kappa shape index (κ2) is 10.1. The molecular weight excluding hydrogens is 532 g/mol. The highest BCUT2D eigenvalue weighted by Gasteiger charge is 2.16. The van der Waals surface area contributed by atoms with Gasteiger partial charge in [-0.2, -0.15) is 0 Å². The first-order valence-corrected chi connectivity index (χ1v) is 15.8. The van der Waals surface area contributed by atoms with Crippen molar-refractivity contribution in [3.8, 4) is 22.5 Å². The zero-order valence-electron chi connectivity index (χ0n) is 24.6. The van der Waals surface area contributed by atoms with E-state index >= 15 is 0 Å². The number of benzene rings is 6. The first-order chi connectivity index (χ1) is 21.8. The van der Waals surface area contributed by atoms with Crippen molar-refractivity contribution >= 4 is 49.2 Å². The summed E-state index contributed by atoms with van der Waals surface area (Å²) in [6.45, 7) is 0. The molecule has 44 heavy (non-hydrogen) atoms. The number of para-hydroxylation sites is 3. The number of nitrogens with zero attached hydrogens (tertiary/aromatic N) is 2. The Morgan fingerprint density at radius 1 is 0.386 bits per heavy atom. The number of aromatic nitrogens is 2. The Hall–Kier alpha value is -5.34. The molecule has 0 unspecified atom stereocenters. The van der Waals surface area contributed by atoms with Crippen LogP contribution < -0.4 is 0 Å². The van der Waals surface area contributed by atoms with Gasteiger partial charge in [0.15, 0.2) is 0 Å². The highest BCUT2D eigenvalue weighted by molar-refractivity contribution is 6.11. The molecule has 0 N–H and O–H groups in total. The van der Waals surface area contributed by atoms with E-state index in [1.165, 1.54) is 103 Å². The van der Waals surface area contributed by atoms with Crippen LogP contribution in [0.25, 0.3) is 71.7 Å². The monoisotopic (exact) mass is 564 g/mol. The molecule has 0 aliphatic heterocycles. The fourth-order valence-corrected chi connectivity index (χ4v) is 7.40. The van der Waals surface area contributed by atoms with Gasteiger partial charge in [0.1, 0.15) is 0 Å². The highest BCUT2D eigenvalue weighted by atomic mass is 15.0. The summed E-state index contributed by atoms with van der Waals surface area (Å²) in [4.78, 5) is 0. The van der Waals surface area contributed by atoms with Crippen molar-refractivity contribution in [1.82, 2.24) is 9.13 Å². The highest BCUT2D eigenvalue weighted by Crippen LogP contribution is 2.37. The van der Waals surface area contributed by atoms with Crippen LogP contribution in [0.5, 0.6) is 0 Å². The molecule has 8 aromatic rings. The Kier molecular flexibility index (Phi) is 5.80. The van der Waals surface area contributed by atoms with Crippen molar-refractivity contribution < 1.29 is 0 Å². The third-order valence-corrected chi connectivity index (χ3v) is 9.46. The van der Waals surface area contributed by atoms with Crippen molar-refractivity contribution in [2.45, 2.75) is 25.7 Å². The lowest BCUT2D eigenvalue weighted by molar-refractivity contribution is 0.742. The van der Waals surface area contributed by atoms with E-state index in [1.807, 2.05) is 0 Å². The first kappa shape index (κ1) is 25.2. The fraction of sp³-hybridized carbons (Fsp3) is 0.0952. The SMILES string of the molecule is C1=C(c2cccc(-n3c4ccccc4c4ccc(-c5cccc(-n6c7ccccc7c7ccccc76)c5)cc43)c2)CCCC1. The van der Waals surface area contributed by atoms with Gasteiger partial charge in [0.2, 0.25) is 0 Å². The quantitative estimate of drug-likeness (QED) is 0.201. The molecule has 0 saturated heterocycles. The van der Waals surface area contributed by atoms with Crippen molar-refractivity contribution in [1.29, 1.82) is 0 Å². The van der Waals surface area contributed by atoms with E-state index in [9.17, 15) is 0 Å². The van der Waals surface area contributed by atoms with Crippen LogP contribution in [-0.2, 0) is 0 Å². The van der Waals surface area contributed by atoms with Crippen LogP contribution >= 0.6 is 0 Å². The Labute approximate surface area is 257 Å². The zero-order valence-corrected chi connectivity index (χ0v) is 24.6. The van der Waals surface area contributed by atoms with Crippen LogP contribution in [0.4, 0.5) is 0 Å². The van der Waals surface area contributed by atoms with E-state index < -0.39 is 0 Å². The summed E-state index contributed by atoms with van der Waals surface area (Å²) in [5, 5.41) is 5.14. The van der Waals surface area contributed by atoms with E-state index in [4.69, 9.17) is 0 Å². The number of allylic oxidation sites excluding steroid dienone is 2. The third-order valence-electron chi connectivity index (χ3n) is 9.46. The Bertz CT molecular complexity index is 2340. The molecule has 210 valence electrons. The van der Waals surface area contributed by atoms with E-state index in [2.05, 4.69) is 155 Å². The average Bonchev–Trinajstić information content (AvgIpc) is 3.61. The predicted octanol–water partition coefficient (Wildman–Crippen LogP) is 11.5. The lowest BCUT2D eigenvalue weighted by Crippen LogP contribution is -1.97. The van der Waals surface area contributed by atoms with Gasteiger partial charge < -0.3 is 9.13 Å². The molecule has 0 atom stereocenters. The van der Waals surface area contributed by atoms with Crippen molar-refractivity contribution in [2.75, 3.05) is 0 Å². The third kappa shape index (κ3) is 3.95. The van der Waals surface area contributed by atoms with Gasteiger partial charge in [-0.25, -0.2) is 0 Å². The number of fused-ring (bicyclic) bond motifs is 6. The largest absolute Gasteiger partial charge is 0.309 e. The van der Waals surface area contributed by atoms with Crippen LogP contribution in [0, 0.1) is 0 Å². The summed E-state index contributed by atoms with van der Waals surface area (Å²) < 4.78 is 4.85. The maximum Gasteiger partial charge on any atom is 0.0547 e. The zero-order chi connectivity index (χ0) is 29.0. The van der Waals surface area contributed by atoms with Gasteiger partial charge in [-0.05, 0) is 96.5 Å². The topological polar surface area (TPSA) is 9.86 Å². The lowest BCUT2D eigenvalue weighted by Gasteiger charge is -2.15. The van der Waals surface area contributed by atoms with Gasteiger partial charge >= 0.3 is 0 Å². The van der Waals surface area contributed by atoms with Crippen molar-refractivity contribution in [3.05, 3.63) is 151 Å². The van der Waals surface area contributed by atoms with Gasteiger partial charge in [0.05, 0.1) is 22.1 Å². The molecule has 2 aromatic heterocycles. The van der Waals surface area contributed by atoms with Gasteiger partial charge in [0, 0.05) is 32.9 Å². The molecule has 6 aromatic carbocycles. The van der Waals surface area contributed by atoms with Crippen LogP contribution in [0.2, 0.25) is 0 Å². The summed E-state index contributed by atoms with van der Waals surface area (Å²) in [6.07, 6.45) is 7.38. The van der Waals surface area contributed by atoms with Crippen LogP contribution in [0.3, 0.4) is 0 Å². The molecule has 2 heterocycles. The normalized spacial score (nSPS) is 13.7. The maximum atomic E-state index is 2.46. The Balaban J connectivity index is 1.23. The molecular formula is C42H32N2. The average molecular weight is 565 g/mol. The van der Waals surface area contributed by atoms with Gasteiger partial charge in [-0.3, -0.25) is 0 Å². The minimum absolute atomic E-state index is 1.17. The molecule has 0 fully saturated rings. The minimum Gasteiger partial charge on any atom is -0.309 e. The number of hydrogen-bond donors (Lipinski definition) is 0. The van der Waals surface area contributed by atoms with Gasteiger partial charge in [-0.1, -0.05) is 97.1 Å². The standard InChI is InChI=1S/C42H32N2/c1-2-12-29(13-3-1)30-14-10-17-34(26-30)44-41-23-9-6-20-37(41)38-25-24-32(28-42(38)44)31-15-11-16-33(27-31)43-39-21-7-4-18-35(39)36-19-5-8-22-40(36)43/h4-12,14-28H,1-3,13H2. The Morgan fingerprint density at radius 2 is 0.909 bits per heavy atom. The number of hydrogen-bond acceptors (Lipinski definition) is 0. The molecule has 0 radical (unpaired) electrons. The van der Waals surface area contributed by atoms with E-state index in [1.54, 1.807) is 0 Å². The maximum absolute atomic E-state index is 2.46. The van der Waals surface area contributed by atoms with Gasteiger partial charge in [0.25, 0.3) is 0 Å². The molecule has 0 saturated carbocycles. The smallest absolute Gasteiger partial charge is 0.0547 e. The van der Waals surface area contributed by atoms with Crippen LogP contribution in [0.1, 0.15) is 31.2 Å². The molecule has 1 aliphatic carbocycles. The second-order valence-electron chi connectivity index (χ2n) is 12.0. The molecule has 9 rings (SSSR count). The minimum atomic E-state index is 1.17. The first-order valence-electron chi connectivity index (χ1n) is 15.8. The summed E-state index contributed by atoms with van der Waals surface area (Å²) in [7, 11) is 0. The van der Waals surface area contributed by atoms with Gasteiger partial charge in [-0.15, -0.1) is 0 Å². The molecule has 0 amide bonds. The van der Waals surface area contributed by atoms with Crippen molar-refractivity contribution in [3.63, 3.8) is 0 Å². The summed E-state index contributed by atoms with van der Waals surface area (Å²) in [5.41, 5.74) is 12.6. The van der Waals surface area contributed by atoms with Crippen molar-refractivity contribution in [2.24, 2.45) is 0 Å². The molecule has 0 spiro atoms. The Morgan fingerprint density at radius 3 is 1.52 bits per heavy atom. The summed E-state index contributed by atoms with van der Waals surface area (Å²) in [5.74, 6) is 0. The molecule has 2 heteroatoms. The summed E-state index contributed by atoms with van der Waals surface area (Å²) in [6, 6.07) is 51.4. The second-order valence-corrected chi connectivity index (χ2v) is 12.0. The fourth-order valence-electron chi connectivity index (χ4n) is 7.40. The van der Waals surface area contributed by atoms with E-state index in [0.717, 1.165) is 0 Å². The molecule has 2 nitrogen and oxygen atoms in total. The van der Waals surface area contributed by atoms with Crippen LogP contribution in [0.15, 0.2) is 146 Å². The lowest BCUT2D eigenvalue weighted by atomic mass is 9.93.